The number of methoxy groups -OCH3 is 1. The molecule has 0 saturated carbocycles. The van der Waals surface area contributed by atoms with Crippen LogP contribution in [0.5, 0.6) is 0 Å². The van der Waals surface area contributed by atoms with Crippen molar-refractivity contribution < 1.29 is 19.4 Å². The fourth-order valence-electron chi connectivity index (χ4n) is 1.12. The maximum Gasteiger partial charge on any atom is 0.377 e. The molecule has 1 N–H and O–H groups in total. The molecule has 0 bridgehead atoms. The Labute approximate surface area is 75.5 Å². The molecule has 0 aromatic rings. The molecule has 1 aliphatic rings. The summed E-state index contributed by atoms with van der Waals surface area (Å²) in [6, 6.07) is 0. The van der Waals surface area contributed by atoms with Crippen molar-refractivity contribution in [2.24, 2.45) is 0 Å². The van der Waals surface area contributed by atoms with Gasteiger partial charge in [-0.1, -0.05) is 6.08 Å². The van der Waals surface area contributed by atoms with Crippen LogP contribution in [0.4, 0.5) is 0 Å². The van der Waals surface area contributed by atoms with E-state index in [1.165, 1.54) is 13.2 Å². The molecule has 0 fully saturated rings. The van der Waals surface area contributed by atoms with Crippen molar-refractivity contribution in [2.75, 3.05) is 7.11 Å². The van der Waals surface area contributed by atoms with Gasteiger partial charge in [-0.05, 0) is 12.5 Å². The van der Waals surface area contributed by atoms with Crippen molar-refractivity contribution in [3.63, 3.8) is 0 Å². The SMILES string of the molecule is COC1=CC(C(=O)C(=O)O)=CCC1. The van der Waals surface area contributed by atoms with Gasteiger partial charge >= 0.3 is 5.97 Å². The summed E-state index contributed by atoms with van der Waals surface area (Å²) in [4.78, 5) is 21.3. The van der Waals surface area contributed by atoms with Gasteiger partial charge in [0.25, 0.3) is 5.78 Å². The minimum absolute atomic E-state index is 0.204. The van der Waals surface area contributed by atoms with E-state index in [-0.39, 0.29) is 5.57 Å². The summed E-state index contributed by atoms with van der Waals surface area (Å²) in [5.41, 5.74) is 0.204. The van der Waals surface area contributed by atoms with Crippen LogP contribution in [-0.2, 0) is 14.3 Å². The van der Waals surface area contributed by atoms with E-state index in [1.54, 1.807) is 6.08 Å². The second-order valence-electron chi connectivity index (χ2n) is 2.65. The van der Waals surface area contributed by atoms with Crippen molar-refractivity contribution in [2.45, 2.75) is 12.8 Å². The monoisotopic (exact) mass is 182 g/mol. The van der Waals surface area contributed by atoms with Crippen molar-refractivity contribution in [1.29, 1.82) is 0 Å². The molecule has 0 spiro atoms. The van der Waals surface area contributed by atoms with E-state index in [2.05, 4.69) is 0 Å². The van der Waals surface area contributed by atoms with Crippen LogP contribution in [0.25, 0.3) is 0 Å². The second-order valence-corrected chi connectivity index (χ2v) is 2.65. The molecule has 4 heteroatoms. The van der Waals surface area contributed by atoms with Crippen LogP contribution in [0, 0.1) is 0 Å². The highest BCUT2D eigenvalue weighted by Crippen LogP contribution is 2.18. The molecular weight excluding hydrogens is 172 g/mol. The Kier molecular flexibility index (Phi) is 2.84. The van der Waals surface area contributed by atoms with E-state index in [1.807, 2.05) is 0 Å². The molecule has 0 saturated heterocycles. The minimum atomic E-state index is -1.43. The lowest BCUT2D eigenvalue weighted by Crippen LogP contribution is -2.15. The summed E-state index contributed by atoms with van der Waals surface area (Å²) in [5.74, 6) is -1.67. The van der Waals surface area contributed by atoms with Crippen molar-refractivity contribution in [3.8, 4) is 0 Å². The van der Waals surface area contributed by atoms with Crippen LogP contribution in [0.1, 0.15) is 12.8 Å². The molecule has 0 atom stereocenters. The highest BCUT2D eigenvalue weighted by atomic mass is 16.5. The number of rotatable bonds is 3. The Morgan fingerprint density at radius 3 is 2.77 bits per heavy atom. The van der Waals surface area contributed by atoms with Crippen LogP contribution in [0.2, 0.25) is 0 Å². The Morgan fingerprint density at radius 2 is 2.23 bits per heavy atom. The predicted octanol–water partition coefficient (Wildman–Crippen LogP) is 0.891. The molecule has 0 aliphatic heterocycles. The molecule has 0 heterocycles. The van der Waals surface area contributed by atoms with E-state index in [0.29, 0.717) is 18.6 Å². The summed E-state index contributed by atoms with van der Waals surface area (Å²) >= 11 is 0. The number of ether oxygens (including phenoxy) is 1. The third kappa shape index (κ3) is 2.18. The number of carbonyl (C=O) groups is 2. The first kappa shape index (κ1) is 9.51. The molecule has 0 radical (unpaired) electrons. The number of aliphatic carboxylic acids is 1. The minimum Gasteiger partial charge on any atom is -0.501 e. The molecule has 1 aliphatic carbocycles. The van der Waals surface area contributed by atoms with E-state index < -0.39 is 11.8 Å². The Balaban J connectivity index is 2.82. The zero-order valence-electron chi connectivity index (χ0n) is 7.24. The second kappa shape index (κ2) is 3.89. The largest absolute Gasteiger partial charge is 0.501 e. The zero-order valence-corrected chi connectivity index (χ0v) is 7.24. The van der Waals surface area contributed by atoms with E-state index in [4.69, 9.17) is 9.84 Å². The third-order valence-electron chi connectivity index (χ3n) is 1.79. The summed E-state index contributed by atoms with van der Waals surface area (Å²) in [6.45, 7) is 0. The van der Waals surface area contributed by atoms with Crippen molar-refractivity contribution in [1.82, 2.24) is 0 Å². The molecule has 0 amide bonds. The highest BCUT2D eigenvalue weighted by molar-refractivity contribution is 6.40. The van der Waals surface area contributed by atoms with E-state index in [0.717, 1.165) is 0 Å². The number of ketones is 1. The number of carboxylic acid groups (broad SMARTS) is 1. The first-order valence-electron chi connectivity index (χ1n) is 3.87. The van der Waals surface area contributed by atoms with E-state index in [9.17, 15) is 9.59 Å². The van der Waals surface area contributed by atoms with Crippen LogP contribution in [0.3, 0.4) is 0 Å². The van der Waals surface area contributed by atoms with Crippen LogP contribution in [0.15, 0.2) is 23.5 Å². The van der Waals surface area contributed by atoms with Gasteiger partial charge in [0.1, 0.15) is 0 Å². The zero-order chi connectivity index (χ0) is 9.84. The van der Waals surface area contributed by atoms with Gasteiger partial charge in [0.2, 0.25) is 0 Å². The quantitative estimate of drug-likeness (QED) is 0.658. The van der Waals surface area contributed by atoms with E-state index >= 15 is 0 Å². The van der Waals surface area contributed by atoms with Crippen LogP contribution in [-0.4, -0.2) is 24.0 Å². The lowest BCUT2D eigenvalue weighted by atomic mass is 10.0. The Hall–Kier alpha value is -1.58. The van der Waals surface area contributed by atoms with Gasteiger partial charge in [0.05, 0.1) is 12.9 Å². The Morgan fingerprint density at radius 1 is 1.54 bits per heavy atom. The predicted molar refractivity (Wildman–Crippen MR) is 45.1 cm³/mol. The van der Waals surface area contributed by atoms with Crippen molar-refractivity contribution >= 4 is 11.8 Å². The van der Waals surface area contributed by atoms with Crippen LogP contribution < -0.4 is 0 Å². The standard InChI is InChI=1S/C9H10O4/c1-13-7-4-2-3-6(5-7)8(10)9(11)12/h3,5H,2,4H2,1H3,(H,11,12). The first-order valence-corrected chi connectivity index (χ1v) is 3.87. The lowest BCUT2D eigenvalue weighted by molar-refractivity contribution is -0.147. The maximum absolute atomic E-state index is 11.0. The molecular formula is C9H10O4. The number of Topliss-reactive ketones (excluding diaryl/α,β-unsaturated/α-hetero) is 1. The molecule has 0 aromatic carbocycles. The van der Waals surface area contributed by atoms with Gasteiger partial charge in [-0.3, -0.25) is 4.79 Å². The molecule has 13 heavy (non-hydrogen) atoms. The van der Waals surface area contributed by atoms with Gasteiger partial charge in [0, 0.05) is 12.0 Å². The van der Waals surface area contributed by atoms with Gasteiger partial charge in [0.15, 0.2) is 0 Å². The third-order valence-corrected chi connectivity index (χ3v) is 1.79. The fourth-order valence-corrected chi connectivity index (χ4v) is 1.12. The number of hydrogen-bond acceptors (Lipinski definition) is 3. The van der Waals surface area contributed by atoms with Gasteiger partial charge in [-0.15, -0.1) is 0 Å². The summed E-state index contributed by atoms with van der Waals surface area (Å²) in [5, 5.41) is 8.43. The molecule has 70 valence electrons. The number of allylic oxidation sites excluding steroid dienone is 3. The first-order chi connectivity index (χ1) is 6.15. The smallest absolute Gasteiger partial charge is 0.377 e. The van der Waals surface area contributed by atoms with Crippen LogP contribution >= 0.6 is 0 Å². The molecule has 4 nitrogen and oxygen atoms in total. The summed E-state index contributed by atoms with van der Waals surface area (Å²) in [6.07, 6.45) is 4.44. The summed E-state index contributed by atoms with van der Waals surface area (Å²) in [7, 11) is 1.50. The fraction of sp³-hybridized carbons (Fsp3) is 0.333. The number of hydrogen-bond donors (Lipinski definition) is 1. The molecule has 0 aromatic heterocycles. The topological polar surface area (TPSA) is 63.6 Å². The van der Waals surface area contributed by atoms with Gasteiger partial charge in [-0.2, -0.15) is 0 Å². The highest BCUT2D eigenvalue weighted by Gasteiger charge is 2.18. The summed E-state index contributed by atoms with van der Waals surface area (Å²) < 4.78 is 4.93. The molecule has 0 unspecified atom stereocenters. The average Bonchev–Trinajstić information content (AvgIpc) is 2.16. The maximum atomic E-state index is 11.0. The average molecular weight is 182 g/mol. The van der Waals surface area contributed by atoms with Crippen molar-refractivity contribution in [3.05, 3.63) is 23.5 Å². The molecule has 1 rings (SSSR count). The lowest BCUT2D eigenvalue weighted by Gasteiger charge is -2.10. The normalized spacial score (nSPS) is 15.8. The number of carbonyl (C=O) groups excluding carboxylic acids is 1. The van der Waals surface area contributed by atoms with Gasteiger partial charge < -0.3 is 9.84 Å². The number of carboxylic acids is 1. The van der Waals surface area contributed by atoms with Gasteiger partial charge in [-0.25, -0.2) is 4.79 Å². The Bertz CT molecular complexity index is 299.